The number of aliphatic imine (C=N–C) groups is 1. The summed E-state index contributed by atoms with van der Waals surface area (Å²) in [5.74, 6) is 0.866. The van der Waals surface area contributed by atoms with E-state index in [4.69, 9.17) is 9.73 Å². The minimum atomic E-state index is -0.0169. The zero-order chi connectivity index (χ0) is 19.2. The number of guanidine groups is 1. The number of hydrogen-bond acceptors (Lipinski definition) is 3. The van der Waals surface area contributed by atoms with Crippen molar-refractivity contribution in [2.45, 2.75) is 44.4 Å². The Bertz CT molecular complexity index is 623. The van der Waals surface area contributed by atoms with Crippen molar-refractivity contribution >= 4 is 21.9 Å². The smallest absolute Gasteiger partial charge is 0.191 e. The molecule has 3 rings (SSSR count). The first kappa shape index (κ1) is 20.6. The van der Waals surface area contributed by atoms with E-state index in [2.05, 4.69) is 57.8 Å². The van der Waals surface area contributed by atoms with Crippen LogP contribution in [0.5, 0.6) is 0 Å². The van der Waals surface area contributed by atoms with Crippen molar-refractivity contribution in [1.82, 2.24) is 10.6 Å². The van der Waals surface area contributed by atoms with Gasteiger partial charge >= 0.3 is 0 Å². The third-order valence-corrected chi connectivity index (χ3v) is 6.63. The summed E-state index contributed by atoms with van der Waals surface area (Å²) >= 11 is 3.53. The highest BCUT2D eigenvalue weighted by Gasteiger charge is 2.39. The van der Waals surface area contributed by atoms with E-state index >= 15 is 0 Å². The lowest BCUT2D eigenvalue weighted by atomic mass is 9.64. The first-order valence-electron chi connectivity index (χ1n) is 10.1. The van der Waals surface area contributed by atoms with Gasteiger partial charge in [-0.15, -0.1) is 0 Å². The van der Waals surface area contributed by atoms with Crippen LogP contribution >= 0.6 is 15.9 Å². The zero-order valence-electron chi connectivity index (χ0n) is 16.3. The van der Waals surface area contributed by atoms with Crippen molar-refractivity contribution < 1.29 is 9.84 Å². The molecular formula is C21H32BrN3O2. The number of hydrogen-bond donors (Lipinski definition) is 3. The third-order valence-electron chi connectivity index (χ3n) is 6.11. The topological polar surface area (TPSA) is 65.9 Å². The van der Waals surface area contributed by atoms with E-state index in [1.807, 2.05) is 0 Å². The molecule has 0 spiro atoms. The monoisotopic (exact) mass is 437 g/mol. The van der Waals surface area contributed by atoms with Crippen LogP contribution in [-0.4, -0.2) is 50.5 Å². The maximum absolute atomic E-state index is 9.42. The molecule has 0 amide bonds. The minimum absolute atomic E-state index is 0.0169. The number of aliphatic hydroxyl groups is 1. The van der Waals surface area contributed by atoms with Crippen LogP contribution in [0.25, 0.3) is 0 Å². The van der Waals surface area contributed by atoms with Crippen molar-refractivity contribution in [2.75, 3.05) is 39.5 Å². The van der Waals surface area contributed by atoms with Gasteiger partial charge in [0.1, 0.15) is 0 Å². The second-order valence-electron chi connectivity index (χ2n) is 7.97. The van der Waals surface area contributed by atoms with E-state index in [-0.39, 0.29) is 17.4 Å². The van der Waals surface area contributed by atoms with Gasteiger partial charge in [0.2, 0.25) is 0 Å². The lowest BCUT2D eigenvalue weighted by Gasteiger charge is -2.43. The summed E-state index contributed by atoms with van der Waals surface area (Å²) in [6.45, 7) is 6.16. The molecule has 1 aliphatic heterocycles. The number of nitrogens with one attached hydrogen (secondary N) is 2. The Morgan fingerprint density at radius 3 is 2.56 bits per heavy atom. The van der Waals surface area contributed by atoms with E-state index < -0.39 is 0 Å². The lowest BCUT2D eigenvalue weighted by Crippen LogP contribution is -2.49. The molecule has 150 valence electrons. The third kappa shape index (κ3) is 5.04. The van der Waals surface area contributed by atoms with Gasteiger partial charge in [-0.3, -0.25) is 4.99 Å². The largest absolute Gasteiger partial charge is 0.396 e. The van der Waals surface area contributed by atoms with Crippen molar-refractivity contribution in [3.8, 4) is 0 Å². The Morgan fingerprint density at radius 2 is 2.00 bits per heavy atom. The molecule has 0 radical (unpaired) electrons. The van der Waals surface area contributed by atoms with Gasteiger partial charge in [-0.2, -0.15) is 0 Å². The molecule has 1 unspecified atom stereocenters. The normalized spacial score (nSPS) is 24.5. The van der Waals surface area contributed by atoms with Crippen molar-refractivity contribution in [1.29, 1.82) is 0 Å². The molecule has 1 aromatic rings. The van der Waals surface area contributed by atoms with Gasteiger partial charge in [0.15, 0.2) is 5.96 Å². The molecule has 1 aliphatic carbocycles. The predicted molar refractivity (Wildman–Crippen MR) is 113 cm³/mol. The first-order chi connectivity index (χ1) is 13.1. The van der Waals surface area contributed by atoms with Gasteiger partial charge in [0.25, 0.3) is 0 Å². The Labute approximate surface area is 171 Å². The maximum atomic E-state index is 9.42. The van der Waals surface area contributed by atoms with Gasteiger partial charge in [0.05, 0.1) is 13.2 Å². The molecular weight excluding hydrogens is 406 g/mol. The highest BCUT2D eigenvalue weighted by atomic mass is 79.9. The van der Waals surface area contributed by atoms with Crippen LogP contribution < -0.4 is 10.6 Å². The van der Waals surface area contributed by atoms with Crippen molar-refractivity contribution in [3.63, 3.8) is 0 Å². The van der Waals surface area contributed by atoms with Crippen LogP contribution in [0.2, 0.25) is 0 Å². The Kier molecular flexibility index (Phi) is 7.17. The average Bonchev–Trinajstić information content (AvgIpc) is 3.09. The zero-order valence-corrected chi connectivity index (χ0v) is 17.9. The highest BCUT2D eigenvalue weighted by Crippen LogP contribution is 2.43. The van der Waals surface area contributed by atoms with E-state index in [1.54, 1.807) is 0 Å². The number of benzene rings is 1. The molecule has 1 heterocycles. The SMILES string of the molecule is CCNC(=NCC1(CCO)CCOC1)NCC1(c2ccc(Br)cc2)CCC1. The summed E-state index contributed by atoms with van der Waals surface area (Å²) in [5, 5.41) is 16.4. The lowest BCUT2D eigenvalue weighted by molar-refractivity contribution is 0.131. The van der Waals surface area contributed by atoms with Crippen LogP contribution in [0.4, 0.5) is 0 Å². The molecule has 0 bridgehead atoms. The molecule has 1 atom stereocenters. The average molecular weight is 438 g/mol. The predicted octanol–water partition coefficient (Wildman–Crippen LogP) is 3.22. The molecule has 2 aliphatic rings. The summed E-state index contributed by atoms with van der Waals surface area (Å²) < 4.78 is 6.71. The molecule has 5 nitrogen and oxygen atoms in total. The quantitative estimate of drug-likeness (QED) is 0.431. The number of nitrogens with zero attached hydrogens (tertiary/aromatic N) is 1. The number of ether oxygens (including phenoxy) is 1. The first-order valence-corrected chi connectivity index (χ1v) is 10.9. The van der Waals surface area contributed by atoms with Crippen LogP contribution in [0.15, 0.2) is 33.7 Å². The second-order valence-corrected chi connectivity index (χ2v) is 8.88. The van der Waals surface area contributed by atoms with Crippen LogP contribution in [-0.2, 0) is 10.2 Å². The van der Waals surface area contributed by atoms with E-state index in [0.29, 0.717) is 13.2 Å². The Morgan fingerprint density at radius 1 is 1.22 bits per heavy atom. The summed E-state index contributed by atoms with van der Waals surface area (Å²) in [6.07, 6.45) is 5.42. The van der Waals surface area contributed by atoms with E-state index in [1.165, 1.54) is 24.8 Å². The molecule has 3 N–H and O–H groups in total. The van der Waals surface area contributed by atoms with Gasteiger partial charge in [-0.1, -0.05) is 34.5 Å². The van der Waals surface area contributed by atoms with E-state index in [0.717, 1.165) is 43.0 Å². The molecule has 0 aromatic heterocycles. The summed E-state index contributed by atoms with van der Waals surface area (Å²) in [4.78, 5) is 4.85. The molecule has 6 heteroatoms. The molecule has 2 fully saturated rings. The summed E-state index contributed by atoms with van der Waals surface area (Å²) in [6, 6.07) is 8.74. The standard InChI is InChI=1S/C21H32BrN3O2/c1-2-23-19(24-14-20(10-12-26)11-13-27-16-20)25-15-21(8-3-9-21)17-4-6-18(22)7-5-17/h4-7,26H,2-3,8-16H2,1H3,(H2,23,24,25). The molecule has 1 aromatic carbocycles. The van der Waals surface area contributed by atoms with Crippen LogP contribution in [0.3, 0.4) is 0 Å². The fourth-order valence-electron chi connectivity index (χ4n) is 4.10. The number of halogens is 1. The molecule has 1 saturated carbocycles. The Balaban J connectivity index is 1.65. The van der Waals surface area contributed by atoms with Gasteiger partial charge in [-0.25, -0.2) is 0 Å². The summed E-state index contributed by atoms with van der Waals surface area (Å²) in [5.41, 5.74) is 1.59. The van der Waals surface area contributed by atoms with Gasteiger partial charge in [0, 0.05) is 41.6 Å². The minimum Gasteiger partial charge on any atom is -0.396 e. The van der Waals surface area contributed by atoms with E-state index in [9.17, 15) is 5.11 Å². The Hall–Kier alpha value is -1.11. The summed E-state index contributed by atoms with van der Waals surface area (Å²) in [7, 11) is 0. The fourth-order valence-corrected chi connectivity index (χ4v) is 4.37. The number of rotatable bonds is 8. The number of aliphatic hydroxyl groups excluding tert-OH is 1. The highest BCUT2D eigenvalue weighted by molar-refractivity contribution is 9.10. The van der Waals surface area contributed by atoms with Crippen LogP contribution in [0.1, 0.15) is 44.6 Å². The molecule has 27 heavy (non-hydrogen) atoms. The van der Waals surface area contributed by atoms with Crippen molar-refractivity contribution in [3.05, 3.63) is 34.3 Å². The van der Waals surface area contributed by atoms with Crippen LogP contribution in [0, 0.1) is 5.41 Å². The van der Waals surface area contributed by atoms with Gasteiger partial charge < -0.3 is 20.5 Å². The second kappa shape index (κ2) is 9.39. The maximum Gasteiger partial charge on any atom is 0.191 e. The van der Waals surface area contributed by atoms with Crippen molar-refractivity contribution in [2.24, 2.45) is 10.4 Å². The molecule has 1 saturated heterocycles. The fraction of sp³-hybridized carbons (Fsp3) is 0.667. The van der Waals surface area contributed by atoms with Gasteiger partial charge in [-0.05, 0) is 50.3 Å².